The minimum Gasteiger partial charge on any atom is -0.493 e. The third-order valence-electron chi connectivity index (χ3n) is 8.15. The highest BCUT2D eigenvalue weighted by atomic mass is 32.2. The van der Waals surface area contributed by atoms with Crippen LogP contribution in [0.1, 0.15) is 29.2 Å². The summed E-state index contributed by atoms with van der Waals surface area (Å²) in [6.45, 7) is 6.85. The van der Waals surface area contributed by atoms with Crippen molar-refractivity contribution in [3.8, 4) is 17.6 Å². The van der Waals surface area contributed by atoms with E-state index in [0.29, 0.717) is 83.4 Å². The van der Waals surface area contributed by atoms with Crippen molar-refractivity contribution in [3.05, 3.63) is 85.8 Å². The summed E-state index contributed by atoms with van der Waals surface area (Å²) >= 11 is 6.84. The van der Waals surface area contributed by atoms with E-state index >= 15 is 0 Å². The number of aromatic nitrogens is 1. The van der Waals surface area contributed by atoms with Gasteiger partial charge in [-0.2, -0.15) is 5.26 Å². The number of ether oxygens (including phenoxy) is 2. The minimum absolute atomic E-state index is 0.0562. The normalized spacial score (nSPS) is 16.0. The Bertz CT molecular complexity index is 1760. The molecule has 2 aliphatic heterocycles. The summed E-state index contributed by atoms with van der Waals surface area (Å²) in [5, 5.41) is 9.92. The lowest BCUT2D eigenvalue weighted by molar-refractivity contribution is -0.122. The summed E-state index contributed by atoms with van der Waals surface area (Å²) in [5.74, 6) is 1.41. The van der Waals surface area contributed by atoms with Gasteiger partial charge in [0.1, 0.15) is 27.6 Å². The summed E-state index contributed by atoms with van der Waals surface area (Å²) in [4.78, 5) is 33.4. The molecular formula is C33H34FN5O4S2. The number of carbonyl (C=O) groups is 1. The average molecular weight is 648 g/mol. The smallest absolute Gasteiger partial charge is 0.270 e. The number of anilines is 2. The van der Waals surface area contributed by atoms with Crippen LogP contribution in [-0.4, -0.2) is 66.6 Å². The van der Waals surface area contributed by atoms with Crippen molar-refractivity contribution in [2.75, 3.05) is 56.7 Å². The molecule has 9 nitrogen and oxygen atoms in total. The first-order valence-electron chi connectivity index (χ1n) is 14.6. The van der Waals surface area contributed by atoms with Crippen molar-refractivity contribution in [1.82, 2.24) is 9.47 Å². The maximum absolute atomic E-state index is 13.7. The number of rotatable bonds is 9. The molecule has 0 aliphatic carbocycles. The van der Waals surface area contributed by atoms with Gasteiger partial charge in [-0.3, -0.25) is 19.1 Å². The summed E-state index contributed by atoms with van der Waals surface area (Å²) < 4.78 is 26.3. The van der Waals surface area contributed by atoms with Gasteiger partial charge in [0.25, 0.3) is 11.5 Å². The molecule has 0 saturated carbocycles. The van der Waals surface area contributed by atoms with E-state index in [-0.39, 0.29) is 22.8 Å². The molecule has 0 atom stereocenters. The van der Waals surface area contributed by atoms with Gasteiger partial charge in [-0.25, -0.2) is 4.39 Å². The SMILES string of the molecule is CCn1c(N2CCN(c3ccc(F)cc3)CC2)c(C=C2SC(=S)N(CCc3ccc(OC)c(OC)c3)C2=O)c(C)c(C#N)c1=O. The standard InChI is InChI=1S/C33H34FN5O4S2/c1-5-38-30(37-16-14-36(15-17-37)24-9-7-23(34)8-10-24)25(21(2)26(20-35)31(38)40)19-29-32(41)39(33(44)45-29)13-12-22-6-11-27(42-3)28(18-22)43-4/h6-11,18-19H,5,12-17H2,1-4H3. The first-order valence-corrected chi connectivity index (χ1v) is 15.8. The first kappa shape index (κ1) is 32.1. The maximum Gasteiger partial charge on any atom is 0.270 e. The van der Waals surface area contributed by atoms with E-state index in [2.05, 4.69) is 15.9 Å². The Hall–Kier alpha value is -4.34. The zero-order valence-electron chi connectivity index (χ0n) is 25.6. The predicted molar refractivity (Wildman–Crippen MR) is 180 cm³/mol. The number of pyridine rings is 1. The van der Waals surface area contributed by atoms with Crippen molar-refractivity contribution in [2.24, 2.45) is 0 Å². The number of hydrogen-bond acceptors (Lipinski definition) is 9. The predicted octanol–water partition coefficient (Wildman–Crippen LogP) is 4.98. The molecule has 234 valence electrons. The third kappa shape index (κ3) is 6.41. The summed E-state index contributed by atoms with van der Waals surface area (Å²) in [5.41, 5.74) is 2.78. The third-order valence-corrected chi connectivity index (χ3v) is 9.53. The van der Waals surface area contributed by atoms with Gasteiger partial charge in [-0.15, -0.1) is 0 Å². The summed E-state index contributed by atoms with van der Waals surface area (Å²) in [6.07, 6.45) is 2.33. The fourth-order valence-electron chi connectivity index (χ4n) is 5.71. The number of carbonyl (C=O) groups excluding carboxylic acids is 1. The van der Waals surface area contributed by atoms with E-state index in [1.807, 2.05) is 25.1 Å². The maximum atomic E-state index is 13.7. The van der Waals surface area contributed by atoms with Gasteiger partial charge in [0.2, 0.25) is 0 Å². The van der Waals surface area contributed by atoms with E-state index in [0.717, 1.165) is 11.3 Å². The lowest BCUT2D eigenvalue weighted by Gasteiger charge is -2.39. The van der Waals surface area contributed by atoms with E-state index in [1.54, 1.807) is 48.8 Å². The number of hydrogen-bond donors (Lipinski definition) is 0. The molecule has 2 aromatic carbocycles. The molecular weight excluding hydrogens is 614 g/mol. The molecule has 0 unspecified atom stereocenters. The largest absolute Gasteiger partial charge is 0.493 e. The molecule has 2 fully saturated rings. The van der Waals surface area contributed by atoms with Crippen LogP contribution in [0.3, 0.4) is 0 Å². The summed E-state index contributed by atoms with van der Waals surface area (Å²) in [7, 11) is 3.16. The number of nitriles is 1. The number of piperazine rings is 1. The fraction of sp³-hybridized carbons (Fsp3) is 0.333. The number of methoxy groups -OCH3 is 2. The summed E-state index contributed by atoms with van der Waals surface area (Å²) in [6, 6.07) is 14.1. The van der Waals surface area contributed by atoms with Crippen LogP contribution in [-0.2, 0) is 17.8 Å². The number of benzene rings is 2. The zero-order chi connectivity index (χ0) is 32.2. The lowest BCUT2D eigenvalue weighted by Crippen LogP contribution is -2.48. The van der Waals surface area contributed by atoms with E-state index in [4.69, 9.17) is 21.7 Å². The highest BCUT2D eigenvalue weighted by molar-refractivity contribution is 8.26. The monoisotopic (exact) mass is 647 g/mol. The van der Waals surface area contributed by atoms with Crippen LogP contribution < -0.4 is 24.8 Å². The van der Waals surface area contributed by atoms with Crippen molar-refractivity contribution in [1.29, 1.82) is 5.26 Å². The van der Waals surface area contributed by atoms with Crippen LogP contribution in [0.4, 0.5) is 15.9 Å². The molecule has 1 amide bonds. The molecule has 0 bridgehead atoms. The quantitative estimate of drug-likeness (QED) is 0.236. The molecule has 0 N–H and O–H groups in total. The minimum atomic E-state index is -0.354. The Morgan fingerprint density at radius 1 is 1.02 bits per heavy atom. The molecule has 1 aromatic heterocycles. The van der Waals surface area contributed by atoms with E-state index in [9.17, 15) is 19.2 Å². The van der Waals surface area contributed by atoms with Gasteiger partial charge in [0.15, 0.2) is 11.5 Å². The second kappa shape index (κ2) is 13.7. The topological polar surface area (TPSA) is 91.0 Å². The second-order valence-corrected chi connectivity index (χ2v) is 12.3. The lowest BCUT2D eigenvalue weighted by atomic mass is 10.0. The van der Waals surface area contributed by atoms with E-state index < -0.39 is 0 Å². The van der Waals surface area contributed by atoms with Gasteiger partial charge in [-0.05, 0) is 73.9 Å². The van der Waals surface area contributed by atoms with Gasteiger partial charge >= 0.3 is 0 Å². The molecule has 0 radical (unpaired) electrons. The fourth-order valence-corrected chi connectivity index (χ4v) is 7.00. The van der Waals surface area contributed by atoms with Gasteiger partial charge in [0.05, 0.1) is 19.1 Å². The molecule has 2 saturated heterocycles. The Morgan fingerprint density at radius 2 is 1.69 bits per heavy atom. The van der Waals surface area contributed by atoms with Crippen molar-refractivity contribution < 1.29 is 18.7 Å². The van der Waals surface area contributed by atoms with E-state index in [1.165, 1.54) is 23.9 Å². The van der Waals surface area contributed by atoms with Gasteiger partial charge in [0, 0.05) is 50.5 Å². The molecule has 3 aromatic rings. The highest BCUT2D eigenvalue weighted by Gasteiger charge is 2.33. The zero-order valence-corrected chi connectivity index (χ0v) is 27.3. The number of thioether (sulfide) groups is 1. The number of thiocarbonyl (C=S) groups is 1. The highest BCUT2D eigenvalue weighted by Crippen LogP contribution is 2.37. The Morgan fingerprint density at radius 3 is 2.31 bits per heavy atom. The first-order chi connectivity index (χ1) is 21.7. The van der Waals surface area contributed by atoms with Crippen molar-refractivity contribution in [3.63, 3.8) is 0 Å². The molecule has 5 rings (SSSR count). The average Bonchev–Trinajstić information content (AvgIpc) is 3.32. The number of halogens is 1. The molecule has 12 heteroatoms. The van der Waals surface area contributed by atoms with Crippen LogP contribution in [0.2, 0.25) is 0 Å². The Balaban J connectivity index is 1.44. The molecule has 2 aliphatic rings. The Kier molecular flexibility index (Phi) is 9.80. The van der Waals surface area contributed by atoms with Gasteiger partial charge < -0.3 is 19.3 Å². The number of nitrogens with zero attached hydrogens (tertiary/aromatic N) is 5. The molecule has 0 spiro atoms. The van der Waals surface area contributed by atoms with Crippen LogP contribution in [0.15, 0.2) is 52.2 Å². The van der Waals surface area contributed by atoms with Crippen LogP contribution in [0, 0.1) is 24.1 Å². The Labute approximate surface area is 271 Å². The van der Waals surface area contributed by atoms with Crippen molar-refractivity contribution in [2.45, 2.75) is 26.8 Å². The number of amides is 1. The molecule has 3 heterocycles. The molecule has 45 heavy (non-hydrogen) atoms. The second-order valence-electron chi connectivity index (χ2n) is 10.6. The van der Waals surface area contributed by atoms with Crippen LogP contribution in [0.5, 0.6) is 11.5 Å². The van der Waals surface area contributed by atoms with Crippen LogP contribution in [0.25, 0.3) is 6.08 Å². The van der Waals surface area contributed by atoms with Crippen LogP contribution >= 0.6 is 24.0 Å². The van der Waals surface area contributed by atoms with Gasteiger partial charge in [-0.1, -0.05) is 30.0 Å². The van der Waals surface area contributed by atoms with Crippen molar-refractivity contribution >= 4 is 51.8 Å².